The lowest BCUT2D eigenvalue weighted by Gasteiger charge is -2.29. The SMILES string of the molecule is Cc1c(Oc2cccc(N3CCOCC3)c2)cccc1N1CCCN(CCCc2c[nH]c3ccc(F)cc23)CC1. The maximum absolute atomic E-state index is 13.7. The van der Waals surface area contributed by atoms with Gasteiger partial charge in [0.25, 0.3) is 0 Å². The molecule has 2 fully saturated rings. The van der Waals surface area contributed by atoms with Crippen LogP contribution in [0.1, 0.15) is 24.0 Å². The minimum absolute atomic E-state index is 0.174. The van der Waals surface area contributed by atoms with Gasteiger partial charge in [-0.25, -0.2) is 4.39 Å². The van der Waals surface area contributed by atoms with Crippen LogP contribution in [0.25, 0.3) is 10.9 Å². The molecule has 3 aromatic carbocycles. The molecule has 0 aliphatic carbocycles. The van der Waals surface area contributed by atoms with E-state index in [1.165, 1.54) is 28.6 Å². The predicted octanol–water partition coefficient (Wildman–Crippen LogP) is 6.39. The van der Waals surface area contributed by atoms with Gasteiger partial charge in [0.05, 0.1) is 13.2 Å². The van der Waals surface area contributed by atoms with Gasteiger partial charge in [0, 0.05) is 72.8 Å². The Labute approximate surface area is 236 Å². The number of H-pyrrole nitrogens is 1. The number of fused-ring (bicyclic) bond motifs is 1. The lowest BCUT2D eigenvalue weighted by molar-refractivity contribution is 0.122. The molecule has 0 radical (unpaired) electrons. The van der Waals surface area contributed by atoms with Crippen LogP contribution in [0.3, 0.4) is 0 Å². The van der Waals surface area contributed by atoms with Crippen molar-refractivity contribution in [3.8, 4) is 11.5 Å². The van der Waals surface area contributed by atoms with Gasteiger partial charge in [-0.05, 0) is 87.3 Å². The minimum atomic E-state index is -0.174. The molecule has 210 valence electrons. The average molecular weight is 543 g/mol. The molecular weight excluding hydrogens is 503 g/mol. The fourth-order valence-corrected chi connectivity index (χ4v) is 6.03. The number of ether oxygens (including phenoxy) is 2. The van der Waals surface area contributed by atoms with Crippen LogP contribution in [0.15, 0.2) is 66.9 Å². The molecule has 2 aliphatic rings. The van der Waals surface area contributed by atoms with E-state index in [0.717, 1.165) is 101 Å². The molecule has 1 N–H and O–H groups in total. The molecule has 0 unspecified atom stereocenters. The van der Waals surface area contributed by atoms with E-state index >= 15 is 0 Å². The van der Waals surface area contributed by atoms with E-state index in [4.69, 9.17) is 9.47 Å². The summed E-state index contributed by atoms with van der Waals surface area (Å²) in [5.41, 5.74) is 5.82. The van der Waals surface area contributed by atoms with E-state index in [9.17, 15) is 4.39 Å². The Hall–Kier alpha value is -3.55. The number of rotatable bonds is 8. The van der Waals surface area contributed by atoms with Crippen molar-refractivity contribution in [3.63, 3.8) is 0 Å². The highest BCUT2D eigenvalue weighted by atomic mass is 19.1. The highest BCUT2D eigenvalue weighted by Crippen LogP contribution is 2.34. The Balaban J connectivity index is 1.06. The Morgan fingerprint density at radius 2 is 1.77 bits per heavy atom. The largest absolute Gasteiger partial charge is 0.457 e. The summed E-state index contributed by atoms with van der Waals surface area (Å²) in [4.78, 5) is 10.7. The second-order valence-corrected chi connectivity index (χ2v) is 10.9. The smallest absolute Gasteiger partial charge is 0.132 e. The number of benzene rings is 3. The standard InChI is InChI=1S/C33H39FN4O2/c1-25-32(9-3-10-33(25)40-29-8-2-7-28(23-29)37-18-20-39-21-19-37)38-15-5-14-36(16-17-38)13-4-6-26-24-35-31-12-11-27(34)22-30(26)31/h2-3,7-12,22-24,35H,4-6,13-21H2,1H3. The lowest BCUT2D eigenvalue weighted by Crippen LogP contribution is -2.36. The van der Waals surface area contributed by atoms with E-state index in [-0.39, 0.29) is 5.82 Å². The van der Waals surface area contributed by atoms with Crippen molar-refractivity contribution in [1.29, 1.82) is 0 Å². The number of hydrogen-bond donors (Lipinski definition) is 1. The van der Waals surface area contributed by atoms with E-state index in [0.29, 0.717) is 0 Å². The molecule has 3 heterocycles. The summed E-state index contributed by atoms with van der Waals surface area (Å²) in [7, 11) is 0. The molecule has 6 nitrogen and oxygen atoms in total. The molecule has 2 saturated heterocycles. The summed E-state index contributed by atoms with van der Waals surface area (Å²) < 4.78 is 25.7. The van der Waals surface area contributed by atoms with Gasteiger partial charge >= 0.3 is 0 Å². The van der Waals surface area contributed by atoms with E-state index in [1.54, 1.807) is 6.07 Å². The molecule has 6 rings (SSSR count). The van der Waals surface area contributed by atoms with E-state index in [2.05, 4.69) is 63.0 Å². The summed E-state index contributed by atoms with van der Waals surface area (Å²) in [6.07, 6.45) is 5.18. The third kappa shape index (κ3) is 6.11. The van der Waals surface area contributed by atoms with Crippen molar-refractivity contribution >= 4 is 22.3 Å². The third-order valence-electron chi connectivity index (χ3n) is 8.26. The van der Waals surface area contributed by atoms with Crippen molar-refractivity contribution in [2.24, 2.45) is 0 Å². The average Bonchev–Trinajstić information content (AvgIpc) is 3.22. The van der Waals surface area contributed by atoms with Crippen LogP contribution >= 0.6 is 0 Å². The molecule has 7 heteroatoms. The molecule has 4 aromatic rings. The van der Waals surface area contributed by atoms with Crippen LogP contribution in [-0.4, -0.2) is 68.9 Å². The fourth-order valence-electron chi connectivity index (χ4n) is 6.03. The lowest BCUT2D eigenvalue weighted by atomic mass is 10.1. The highest BCUT2D eigenvalue weighted by Gasteiger charge is 2.19. The molecular formula is C33H39FN4O2. The molecule has 1 aromatic heterocycles. The summed E-state index contributed by atoms with van der Waals surface area (Å²) >= 11 is 0. The van der Waals surface area contributed by atoms with Crippen LogP contribution < -0.4 is 14.5 Å². The monoisotopic (exact) mass is 542 g/mol. The van der Waals surface area contributed by atoms with Crippen molar-refractivity contribution in [3.05, 3.63) is 83.8 Å². The molecule has 0 atom stereocenters. The van der Waals surface area contributed by atoms with Gasteiger partial charge in [-0.2, -0.15) is 0 Å². The third-order valence-corrected chi connectivity index (χ3v) is 8.26. The van der Waals surface area contributed by atoms with Crippen molar-refractivity contribution in [1.82, 2.24) is 9.88 Å². The van der Waals surface area contributed by atoms with Crippen LogP contribution in [0, 0.1) is 12.7 Å². The summed E-state index contributed by atoms with van der Waals surface area (Å²) in [5.74, 6) is 1.60. The molecule has 40 heavy (non-hydrogen) atoms. The Morgan fingerprint density at radius 3 is 2.67 bits per heavy atom. The van der Waals surface area contributed by atoms with Crippen molar-refractivity contribution < 1.29 is 13.9 Å². The number of hydrogen-bond acceptors (Lipinski definition) is 5. The van der Waals surface area contributed by atoms with Gasteiger partial charge in [0.2, 0.25) is 0 Å². The molecule has 2 aliphatic heterocycles. The molecule has 0 amide bonds. The molecule has 0 bridgehead atoms. The first-order chi connectivity index (χ1) is 19.6. The van der Waals surface area contributed by atoms with Gasteiger partial charge in [0.1, 0.15) is 17.3 Å². The topological polar surface area (TPSA) is 44.0 Å². The predicted molar refractivity (Wildman–Crippen MR) is 161 cm³/mol. The van der Waals surface area contributed by atoms with E-state index < -0.39 is 0 Å². The Morgan fingerprint density at radius 1 is 0.900 bits per heavy atom. The second kappa shape index (κ2) is 12.3. The minimum Gasteiger partial charge on any atom is -0.457 e. The number of nitrogens with one attached hydrogen (secondary N) is 1. The van der Waals surface area contributed by atoms with Gasteiger partial charge in [-0.1, -0.05) is 12.1 Å². The van der Waals surface area contributed by atoms with Crippen LogP contribution in [0.4, 0.5) is 15.8 Å². The van der Waals surface area contributed by atoms with Crippen molar-refractivity contribution in [2.75, 3.05) is 68.8 Å². The Kier molecular flexibility index (Phi) is 8.21. The Bertz CT molecular complexity index is 1430. The van der Waals surface area contributed by atoms with Gasteiger partial charge in [-0.15, -0.1) is 0 Å². The maximum atomic E-state index is 13.7. The zero-order valence-electron chi connectivity index (χ0n) is 23.4. The molecule has 0 saturated carbocycles. The first kappa shape index (κ1) is 26.7. The van der Waals surface area contributed by atoms with Crippen molar-refractivity contribution in [2.45, 2.75) is 26.2 Å². The van der Waals surface area contributed by atoms with Gasteiger partial charge < -0.3 is 29.2 Å². The van der Waals surface area contributed by atoms with Gasteiger partial charge in [0.15, 0.2) is 0 Å². The van der Waals surface area contributed by atoms with Crippen LogP contribution in [0.5, 0.6) is 11.5 Å². The number of halogens is 1. The second-order valence-electron chi connectivity index (χ2n) is 10.9. The van der Waals surface area contributed by atoms with E-state index in [1.807, 2.05) is 18.3 Å². The zero-order valence-corrected chi connectivity index (χ0v) is 23.4. The van der Waals surface area contributed by atoms with Crippen LogP contribution in [-0.2, 0) is 11.2 Å². The summed E-state index contributed by atoms with van der Waals surface area (Å²) in [6.45, 7) is 10.7. The number of anilines is 2. The number of aromatic amines is 1. The number of aromatic nitrogens is 1. The first-order valence-electron chi connectivity index (χ1n) is 14.6. The number of nitrogens with zero attached hydrogens (tertiary/aromatic N) is 3. The maximum Gasteiger partial charge on any atom is 0.132 e. The molecule has 0 spiro atoms. The quantitative estimate of drug-likeness (QED) is 0.280. The number of aryl methyl sites for hydroxylation is 1. The summed E-state index contributed by atoms with van der Waals surface area (Å²) in [6, 6.07) is 19.8. The normalized spacial score (nSPS) is 16.9. The van der Waals surface area contributed by atoms with Gasteiger partial charge in [-0.3, -0.25) is 0 Å². The zero-order chi connectivity index (χ0) is 27.3. The van der Waals surface area contributed by atoms with Crippen LogP contribution in [0.2, 0.25) is 0 Å². The summed E-state index contributed by atoms with van der Waals surface area (Å²) in [5, 5.41) is 1.01. The first-order valence-corrected chi connectivity index (χ1v) is 14.6. The highest BCUT2D eigenvalue weighted by molar-refractivity contribution is 5.83. The number of morpholine rings is 1. The fraction of sp³-hybridized carbons (Fsp3) is 0.394.